The Morgan fingerprint density at radius 1 is 1.47 bits per heavy atom. The lowest BCUT2D eigenvalue weighted by atomic mass is 10.1. The van der Waals surface area contributed by atoms with Crippen LogP contribution in [0.5, 0.6) is 0 Å². The summed E-state index contributed by atoms with van der Waals surface area (Å²) in [5.41, 5.74) is 6.87. The Labute approximate surface area is 94.8 Å². The van der Waals surface area contributed by atoms with Crippen molar-refractivity contribution in [1.82, 2.24) is 0 Å². The number of ether oxygens (including phenoxy) is 1. The highest BCUT2D eigenvalue weighted by Gasteiger charge is 2.12. The number of aliphatic hydroxyl groups excluding tert-OH is 1. The second-order valence-corrected chi connectivity index (χ2v) is 4.11. The molecule has 1 atom stereocenters. The van der Waals surface area contributed by atoms with Gasteiger partial charge in [0.1, 0.15) is 6.10 Å². The van der Waals surface area contributed by atoms with E-state index >= 15 is 0 Å². The Hall–Kier alpha value is -0.770. The second-order valence-electron chi connectivity index (χ2n) is 3.67. The number of anilines is 1. The van der Waals surface area contributed by atoms with Crippen LogP contribution in [-0.4, -0.2) is 17.8 Å². The first-order valence-corrected chi connectivity index (χ1v) is 5.23. The summed E-state index contributed by atoms with van der Waals surface area (Å²) in [6.45, 7) is 4.07. The number of aliphatic hydroxyl groups is 1. The van der Waals surface area contributed by atoms with Crippen molar-refractivity contribution in [2.75, 3.05) is 12.3 Å². The van der Waals surface area contributed by atoms with Crippen LogP contribution in [0.4, 0.5) is 5.69 Å². The van der Waals surface area contributed by atoms with E-state index in [0.29, 0.717) is 16.3 Å². The van der Waals surface area contributed by atoms with Gasteiger partial charge >= 0.3 is 0 Å². The molecule has 1 aromatic carbocycles. The molecule has 0 radical (unpaired) electrons. The second kappa shape index (κ2) is 5.35. The third kappa shape index (κ3) is 3.70. The number of hydrogen-bond acceptors (Lipinski definition) is 3. The lowest BCUT2D eigenvalue weighted by molar-refractivity contribution is 0.00521. The molecule has 0 aliphatic carbocycles. The van der Waals surface area contributed by atoms with E-state index in [1.165, 1.54) is 0 Å². The van der Waals surface area contributed by atoms with Crippen LogP contribution in [-0.2, 0) is 4.74 Å². The average molecular weight is 230 g/mol. The third-order valence-corrected chi connectivity index (χ3v) is 2.23. The maximum atomic E-state index is 9.79. The number of nitrogen functional groups attached to an aromatic ring is 1. The Kier molecular flexibility index (Phi) is 4.39. The zero-order chi connectivity index (χ0) is 11.4. The fourth-order valence-electron chi connectivity index (χ4n) is 1.22. The molecule has 3 nitrogen and oxygen atoms in total. The SMILES string of the molecule is CC(C)OCC(O)c1ccc(Cl)cc1N. The van der Waals surface area contributed by atoms with Crippen LogP contribution in [0.25, 0.3) is 0 Å². The largest absolute Gasteiger partial charge is 0.398 e. The molecular weight excluding hydrogens is 214 g/mol. The quantitative estimate of drug-likeness (QED) is 0.780. The van der Waals surface area contributed by atoms with Crippen LogP contribution < -0.4 is 5.73 Å². The lowest BCUT2D eigenvalue weighted by Gasteiger charge is -2.15. The molecule has 1 rings (SSSR count). The zero-order valence-electron chi connectivity index (χ0n) is 8.90. The Bertz CT molecular complexity index is 328. The van der Waals surface area contributed by atoms with E-state index in [1.807, 2.05) is 13.8 Å². The van der Waals surface area contributed by atoms with E-state index in [4.69, 9.17) is 22.1 Å². The molecule has 84 valence electrons. The molecular formula is C11H16ClNO2. The molecule has 0 aromatic heterocycles. The summed E-state index contributed by atoms with van der Waals surface area (Å²) in [4.78, 5) is 0. The summed E-state index contributed by atoms with van der Waals surface area (Å²) in [7, 11) is 0. The standard InChI is InChI=1S/C11H16ClNO2/c1-7(2)15-6-11(14)9-4-3-8(12)5-10(9)13/h3-5,7,11,14H,6,13H2,1-2H3. The van der Waals surface area contributed by atoms with E-state index in [9.17, 15) is 5.11 Å². The van der Waals surface area contributed by atoms with Gasteiger partial charge in [-0.15, -0.1) is 0 Å². The maximum Gasteiger partial charge on any atom is 0.104 e. The molecule has 1 aromatic rings. The first kappa shape index (κ1) is 12.3. The zero-order valence-corrected chi connectivity index (χ0v) is 9.66. The Morgan fingerprint density at radius 2 is 2.13 bits per heavy atom. The van der Waals surface area contributed by atoms with Gasteiger partial charge in [0.2, 0.25) is 0 Å². The minimum Gasteiger partial charge on any atom is -0.398 e. The van der Waals surface area contributed by atoms with Crippen LogP contribution in [0.3, 0.4) is 0 Å². The van der Waals surface area contributed by atoms with Gasteiger partial charge < -0.3 is 15.6 Å². The number of hydrogen-bond donors (Lipinski definition) is 2. The van der Waals surface area contributed by atoms with Crippen molar-refractivity contribution in [3.63, 3.8) is 0 Å². The van der Waals surface area contributed by atoms with Gasteiger partial charge in [-0.25, -0.2) is 0 Å². The Balaban J connectivity index is 2.69. The molecule has 1 unspecified atom stereocenters. The first-order chi connectivity index (χ1) is 7.00. The number of benzene rings is 1. The van der Waals surface area contributed by atoms with Crippen molar-refractivity contribution in [2.45, 2.75) is 26.1 Å². The monoisotopic (exact) mass is 229 g/mol. The summed E-state index contributed by atoms with van der Waals surface area (Å²) in [5.74, 6) is 0. The predicted octanol–water partition coefficient (Wildman–Crippen LogP) is 2.38. The summed E-state index contributed by atoms with van der Waals surface area (Å²) in [5, 5.41) is 10.4. The molecule has 0 aliphatic rings. The molecule has 0 heterocycles. The molecule has 0 spiro atoms. The van der Waals surface area contributed by atoms with Gasteiger partial charge in [0.05, 0.1) is 12.7 Å². The first-order valence-electron chi connectivity index (χ1n) is 4.85. The van der Waals surface area contributed by atoms with Gasteiger partial charge in [-0.05, 0) is 26.0 Å². The van der Waals surface area contributed by atoms with E-state index in [-0.39, 0.29) is 12.7 Å². The van der Waals surface area contributed by atoms with Crippen LogP contribution in [0.15, 0.2) is 18.2 Å². The normalized spacial score (nSPS) is 13.1. The van der Waals surface area contributed by atoms with Crippen molar-refractivity contribution >= 4 is 17.3 Å². The number of rotatable bonds is 4. The van der Waals surface area contributed by atoms with Crippen molar-refractivity contribution in [2.24, 2.45) is 0 Å². The van der Waals surface area contributed by atoms with Gasteiger partial charge in [-0.1, -0.05) is 17.7 Å². The van der Waals surface area contributed by atoms with Crippen molar-refractivity contribution in [3.8, 4) is 0 Å². The molecule has 4 heteroatoms. The minimum atomic E-state index is -0.704. The van der Waals surface area contributed by atoms with Crippen molar-refractivity contribution in [1.29, 1.82) is 0 Å². The van der Waals surface area contributed by atoms with E-state index in [1.54, 1.807) is 18.2 Å². The molecule has 0 fully saturated rings. The molecule has 0 saturated carbocycles. The minimum absolute atomic E-state index is 0.0909. The van der Waals surface area contributed by atoms with Gasteiger partial charge in [-0.2, -0.15) is 0 Å². The summed E-state index contributed by atoms with van der Waals surface area (Å²) in [6, 6.07) is 5.04. The molecule has 0 saturated heterocycles. The highest BCUT2D eigenvalue weighted by atomic mass is 35.5. The predicted molar refractivity (Wildman–Crippen MR) is 61.9 cm³/mol. The van der Waals surface area contributed by atoms with E-state index in [0.717, 1.165) is 0 Å². The maximum absolute atomic E-state index is 9.79. The fraction of sp³-hybridized carbons (Fsp3) is 0.455. The summed E-state index contributed by atoms with van der Waals surface area (Å²) in [6.07, 6.45) is -0.613. The Morgan fingerprint density at radius 3 is 2.67 bits per heavy atom. The highest BCUT2D eigenvalue weighted by Crippen LogP contribution is 2.24. The topological polar surface area (TPSA) is 55.5 Å². The molecule has 0 amide bonds. The van der Waals surface area contributed by atoms with Gasteiger partial charge in [-0.3, -0.25) is 0 Å². The molecule has 0 aliphatic heterocycles. The van der Waals surface area contributed by atoms with Crippen LogP contribution in [0, 0.1) is 0 Å². The van der Waals surface area contributed by atoms with Gasteiger partial charge in [0, 0.05) is 16.3 Å². The van der Waals surface area contributed by atoms with Gasteiger partial charge in [0.15, 0.2) is 0 Å². The average Bonchev–Trinajstić information content (AvgIpc) is 2.14. The summed E-state index contributed by atoms with van der Waals surface area (Å²) >= 11 is 5.76. The van der Waals surface area contributed by atoms with E-state index < -0.39 is 6.10 Å². The lowest BCUT2D eigenvalue weighted by Crippen LogP contribution is -2.13. The molecule has 15 heavy (non-hydrogen) atoms. The fourth-order valence-corrected chi connectivity index (χ4v) is 1.40. The van der Waals surface area contributed by atoms with Crippen molar-refractivity contribution < 1.29 is 9.84 Å². The number of halogens is 1. The van der Waals surface area contributed by atoms with Crippen LogP contribution in [0.1, 0.15) is 25.5 Å². The van der Waals surface area contributed by atoms with Crippen LogP contribution >= 0.6 is 11.6 Å². The van der Waals surface area contributed by atoms with Gasteiger partial charge in [0.25, 0.3) is 0 Å². The number of nitrogens with two attached hydrogens (primary N) is 1. The molecule has 3 N–H and O–H groups in total. The van der Waals surface area contributed by atoms with Crippen molar-refractivity contribution in [3.05, 3.63) is 28.8 Å². The third-order valence-electron chi connectivity index (χ3n) is 2.00. The summed E-state index contributed by atoms with van der Waals surface area (Å²) < 4.78 is 5.30. The van der Waals surface area contributed by atoms with E-state index in [2.05, 4.69) is 0 Å². The smallest absolute Gasteiger partial charge is 0.104 e. The van der Waals surface area contributed by atoms with Crippen LogP contribution in [0.2, 0.25) is 5.02 Å². The molecule has 0 bridgehead atoms. The highest BCUT2D eigenvalue weighted by molar-refractivity contribution is 6.30.